The van der Waals surface area contributed by atoms with Gasteiger partial charge in [-0.05, 0) is 31.0 Å². The highest BCUT2D eigenvalue weighted by molar-refractivity contribution is 6.32. The van der Waals surface area contributed by atoms with E-state index in [2.05, 4.69) is 12.2 Å². The molecule has 3 amide bonds. The highest BCUT2D eigenvalue weighted by Gasteiger charge is 2.39. The number of halogens is 1. The molecule has 2 aliphatic rings. The Kier molecular flexibility index (Phi) is 3.01. The van der Waals surface area contributed by atoms with Crippen LogP contribution in [0.2, 0.25) is 5.02 Å². The molecule has 0 aromatic heterocycles. The van der Waals surface area contributed by atoms with Gasteiger partial charge in [-0.25, -0.2) is 0 Å². The second-order valence-corrected chi connectivity index (χ2v) is 5.41. The Labute approximate surface area is 120 Å². The maximum atomic E-state index is 12.4. The standard InChI is InChI=1S/C14H12ClN2O3/c1-7-4-8-9(10(15)5-7)6-17(14(8)20)11-2-3-12(18)16-13(11)19/h4-5,11H,1-3,6H2,(H,16,18,19). The Morgan fingerprint density at radius 2 is 2.05 bits per heavy atom. The van der Waals surface area contributed by atoms with Crippen LogP contribution in [-0.2, 0) is 16.1 Å². The number of rotatable bonds is 1. The Balaban J connectivity index is 1.92. The highest BCUT2D eigenvalue weighted by Crippen LogP contribution is 2.32. The Hall–Kier alpha value is -1.88. The second-order valence-electron chi connectivity index (χ2n) is 5.00. The molecule has 1 atom stereocenters. The molecule has 1 fully saturated rings. The number of fused-ring (bicyclic) bond motifs is 1. The van der Waals surface area contributed by atoms with Crippen molar-refractivity contribution >= 4 is 29.3 Å². The first-order valence-corrected chi connectivity index (χ1v) is 6.64. The second kappa shape index (κ2) is 4.59. The van der Waals surface area contributed by atoms with Crippen LogP contribution in [0.15, 0.2) is 12.1 Å². The minimum Gasteiger partial charge on any atom is -0.322 e. The predicted octanol–water partition coefficient (Wildman–Crippen LogP) is 1.28. The zero-order valence-electron chi connectivity index (χ0n) is 10.6. The van der Waals surface area contributed by atoms with Crippen LogP contribution in [0.1, 0.15) is 34.3 Å². The lowest BCUT2D eigenvalue weighted by molar-refractivity contribution is -0.136. The first kappa shape index (κ1) is 13.1. The number of imide groups is 1. The van der Waals surface area contributed by atoms with Crippen molar-refractivity contribution in [2.45, 2.75) is 25.4 Å². The van der Waals surface area contributed by atoms with E-state index in [1.54, 1.807) is 12.1 Å². The highest BCUT2D eigenvalue weighted by atomic mass is 35.5. The van der Waals surface area contributed by atoms with Crippen molar-refractivity contribution in [2.75, 3.05) is 0 Å². The van der Waals surface area contributed by atoms with E-state index in [1.165, 1.54) is 4.90 Å². The number of carbonyl (C=O) groups excluding carboxylic acids is 3. The van der Waals surface area contributed by atoms with Gasteiger partial charge in [-0.1, -0.05) is 11.6 Å². The van der Waals surface area contributed by atoms with Crippen LogP contribution < -0.4 is 5.32 Å². The van der Waals surface area contributed by atoms with Crippen LogP contribution >= 0.6 is 11.6 Å². The molecular formula is C14H12ClN2O3. The molecule has 1 aromatic carbocycles. The number of amides is 3. The summed E-state index contributed by atoms with van der Waals surface area (Å²) in [6, 6.07) is 2.76. The van der Waals surface area contributed by atoms with E-state index < -0.39 is 11.9 Å². The number of nitrogens with one attached hydrogen (secondary N) is 1. The minimum atomic E-state index is -0.614. The molecule has 20 heavy (non-hydrogen) atoms. The lowest BCUT2D eigenvalue weighted by atomic mass is 10.0. The summed E-state index contributed by atoms with van der Waals surface area (Å²) in [6.45, 7) is 4.07. The number of nitrogens with zero attached hydrogens (tertiary/aromatic N) is 1. The molecule has 1 saturated heterocycles. The van der Waals surface area contributed by atoms with Crippen LogP contribution in [0, 0.1) is 6.92 Å². The Bertz CT molecular complexity index is 642. The molecule has 2 aliphatic heterocycles. The molecule has 1 unspecified atom stereocenters. The van der Waals surface area contributed by atoms with Gasteiger partial charge in [0, 0.05) is 29.1 Å². The molecule has 1 radical (unpaired) electrons. The van der Waals surface area contributed by atoms with Gasteiger partial charge >= 0.3 is 0 Å². The average Bonchev–Trinajstić information content (AvgIpc) is 2.68. The Morgan fingerprint density at radius 1 is 1.30 bits per heavy atom. The van der Waals surface area contributed by atoms with Crippen LogP contribution in [0.3, 0.4) is 0 Å². The number of piperidine rings is 1. The van der Waals surface area contributed by atoms with Gasteiger partial charge in [0.2, 0.25) is 11.8 Å². The molecule has 2 heterocycles. The number of benzene rings is 1. The summed E-state index contributed by atoms with van der Waals surface area (Å²) in [5.41, 5.74) is 1.87. The maximum absolute atomic E-state index is 12.4. The van der Waals surface area contributed by atoms with Crippen molar-refractivity contribution in [3.63, 3.8) is 0 Å². The molecular weight excluding hydrogens is 280 g/mol. The fourth-order valence-corrected chi connectivity index (χ4v) is 2.97. The van der Waals surface area contributed by atoms with E-state index in [9.17, 15) is 14.4 Å². The predicted molar refractivity (Wildman–Crippen MR) is 72.0 cm³/mol. The monoisotopic (exact) mass is 291 g/mol. The first-order chi connectivity index (χ1) is 9.47. The van der Waals surface area contributed by atoms with Crippen LogP contribution in [-0.4, -0.2) is 28.7 Å². The summed E-state index contributed by atoms with van der Waals surface area (Å²) in [5, 5.41) is 2.74. The van der Waals surface area contributed by atoms with Gasteiger partial charge in [-0.3, -0.25) is 19.7 Å². The van der Waals surface area contributed by atoms with E-state index in [4.69, 9.17) is 11.6 Å². The van der Waals surface area contributed by atoms with Gasteiger partial charge in [0.05, 0.1) is 0 Å². The molecule has 6 heteroatoms. The zero-order valence-corrected chi connectivity index (χ0v) is 11.4. The molecule has 1 aromatic rings. The third-order valence-electron chi connectivity index (χ3n) is 3.66. The maximum Gasteiger partial charge on any atom is 0.255 e. The van der Waals surface area contributed by atoms with E-state index in [1.807, 2.05) is 0 Å². The van der Waals surface area contributed by atoms with Crippen LogP contribution in [0.25, 0.3) is 0 Å². The fourth-order valence-electron chi connectivity index (χ4n) is 2.67. The smallest absolute Gasteiger partial charge is 0.255 e. The van der Waals surface area contributed by atoms with Crippen molar-refractivity contribution in [1.82, 2.24) is 10.2 Å². The lowest BCUT2D eigenvalue weighted by Gasteiger charge is -2.29. The van der Waals surface area contributed by atoms with Crippen molar-refractivity contribution < 1.29 is 14.4 Å². The summed E-state index contributed by atoms with van der Waals surface area (Å²) in [5.74, 6) is -0.955. The molecule has 103 valence electrons. The molecule has 0 bridgehead atoms. The quantitative estimate of drug-likeness (QED) is 0.793. The number of carbonyl (C=O) groups is 3. The minimum absolute atomic E-state index is 0.234. The van der Waals surface area contributed by atoms with Crippen molar-refractivity contribution in [2.24, 2.45) is 0 Å². The van der Waals surface area contributed by atoms with Gasteiger partial charge in [0.1, 0.15) is 6.04 Å². The molecule has 0 aliphatic carbocycles. The average molecular weight is 292 g/mol. The van der Waals surface area contributed by atoms with E-state index in [0.29, 0.717) is 34.7 Å². The molecule has 0 spiro atoms. The van der Waals surface area contributed by atoms with Crippen molar-refractivity contribution in [1.29, 1.82) is 0 Å². The molecule has 1 N–H and O–H groups in total. The third-order valence-corrected chi connectivity index (χ3v) is 4.00. The summed E-state index contributed by atoms with van der Waals surface area (Å²) < 4.78 is 0. The number of hydrogen-bond donors (Lipinski definition) is 1. The SMILES string of the molecule is [CH2]c1cc(Cl)c2c(c1)C(=O)N(C1CCC(=O)NC1=O)C2. The van der Waals surface area contributed by atoms with Crippen LogP contribution in [0.4, 0.5) is 0 Å². The largest absolute Gasteiger partial charge is 0.322 e. The zero-order chi connectivity index (χ0) is 14.4. The van der Waals surface area contributed by atoms with E-state index in [0.717, 1.165) is 0 Å². The third kappa shape index (κ3) is 1.98. The first-order valence-electron chi connectivity index (χ1n) is 6.26. The van der Waals surface area contributed by atoms with Crippen molar-refractivity contribution in [3.8, 4) is 0 Å². The molecule has 5 nitrogen and oxygen atoms in total. The van der Waals surface area contributed by atoms with Gasteiger partial charge < -0.3 is 4.90 Å². The number of hydrogen-bond acceptors (Lipinski definition) is 3. The summed E-state index contributed by atoms with van der Waals surface area (Å²) in [6.07, 6.45) is 0.587. The van der Waals surface area contributed by atoms with E-state index in [-0.39, 0.29) is 18.2 Å². The van der Waals surface area contributed by atoms with E-state index >= 15 is 0 Å². The lowest BCUT2D eigenvalue weighted by Crippen LogP contribution is -2.52. The van der Waals surface area contributed by atoms with Gasteiger partial charge in [-0.15, -0.1) is 0 Å². The van der Waals surface area contributed by atoms with Gasteiger partial charge in [0.25, 0.3) is 5.91 Å². The summed E-state index contributed by atoms with van der Waals surface area (Å²) in [7, 11) is 0. The summed E-state index contributed by atoms with van der Waals surface area (Å²) in [4.78, 5) is 36.9. The summed E-state index contributed by atoms with van der Waals surface area (Å²) >= 11 is 6.13. The molecule has 3 rings (SSSR count). The van der Waals surface area contributed by atoms with Crippen molar-refractivity contribution in [3.05, 3.63) is 40.8 Å². The fraction of sp³-hybridized carbons (Fsp3) is 0.286. The molecule has 0 saturated carbocycles. The van der Waals surface area contributed by atoms with Crippen LogP contribution in [0.5, 0.6) is 0 Å². The normalized spacial score (nSPS) is 22.0. The Morgan fingerprint density at radius 3 is 2.75 bits per heavy atom. The van der Waals surface area contributed by atoms with Gasteiger partial charge in [-0.2, -0.15) is 0 Å². The topological polar surface area (TPSA) is 66.5 Å². The van der Waals surface area contributed by atoms with Gasteiger partial charge in [0.15, 0.2) is 0 Å².